The summed E-state index contributed by atoms with van der Waals surface area (Å²) in [6.45, 7) is 6.20. The number of imidazole rings is 1. The van der Waals surface area contributed by atoms with Gasteiger partial charge in [-0.25, -0.2) is 9.55 Å². The third-order valence-corrected chi connectivity index (χ3v) is 8.16. The van der Waals surface area contributed by atoms with Crippen molar-refractivity contribution in [3.8, 4) is 22.6 Å². The summed E-state index contributed by atoms with van der Waals surface area (Å²) < 4.78 is 6.36. The molecule has 0 bridgehead atoms. The Labute approximate surface area is 267 Å². The minimum atomic E-state index is 0. The Bertz CT molecular complexity index is 1620. The van der Waals surface area contributed by atoms with E-state index in [9.17, 15) is 4.79 Å². The lowest BCUT2D eigenvalue weighted by atomic mass is 10.1. The van der Waals surface area contributed by atoms with Crippen LogP contribution in [0.2, 0.25) is 0 Å². The minimum absolute atomic E-state index is 0. The second-order valence-corrected chi connectivity index (χ2v) is 11.3. The van der Waals surface area contributed by atoms with Gasteiger partial charge in [0.2, 0.25) is 0 Å². The van der Waals surface area contributed by atoms with E-state index < -0.39 is 0 Å². The number of unbranched alkanes of at least 4 members (excludes halogenated alkanes) is 9. The van der Waals surface area contributed by atoms with Crippen LogP contribution in [0.25, 0.3) is 39.2 Å². The summed E-state index contributed by atoms with van der Waals surface area (Å²) in [6.07, 6.45) is 17.8. The molecule has 0 aliphatic heterocycles. The van der Waals surface area contributed by atoms with Crippen molar-refractivity contribution < 1.29 is 28.5 Å². The fourth-order valence-corrected chi connectivity index (χ4v) is 5.93. The first-order valence-electron chi connectivity index (χ1n) is 15.8. The molecule has 0 saturated heterocycles. The van der Waals surface area contributed by atoms with Gasteiger partial charge in [-0.1, -0.05) is 108 Å². The van der Waals surface area contributed by atoms with E-state index in [2.05, 4.69) is 77.7 Å². The fraction of sp³-hybridized carbons (Fsp3) is 0.417. The molecule has 0 fully saturated rings. The molecule has 0 unspecified atom stereocenters. The molecule has 0 N–H and O–H groups in total. The van der Waals surface area contributed by atoms with Crippen LogP contribution in [0.5, 0.6) is 0 Å². The van der Waals surface area contributed by atoms with Crippen molar-refractivity contribution in [2.75, 3.05) is 0 Å². The molecule has 0 aliphatic rings. The van der Waals surface area contributed by atoms with Gasteiger partial charge in [0, 0.05) is 24.6 Å². The van der Waals surface area contributed by atoms with Crippen LogP contribution in [0.1, 0.15) is 84.5 Å². The third kappa shape index (κ3) is 7.31. The molecule has 6 heteroatoms. The summed E-state index contributed by atoms with van der Waals surface area (Å²) in [5.41, 5.74) is 5.43. The molecule has 0 radical (unpaired) electrons. The Morgan fingerprint density at radius 2 is 1.31 bits per heavy atom. The summed E-state index contributed by atoms with van der Waals surface area (Å²) in [5, 5.41) is 0. The zero-order valence-corrected chi connectivity index (χ0v) is 27.4. The van der Waals surface area contributed by atoms with Gasteiger partial charge in [-0.15, -0.1) is 0 Å². The summed E-state index contributed by atoms with van der Waals surface area (Å²) in [4.78, 5) is 19.6. The van der Waals surface area contributed by atoms with Gasteiger partial charge in [0.25, 0.3) is 5.56 Å². The number of halogens is 1. The predicted molar refractivity (Wildman–Crippen MR) is 170 cm³/mol. The molecular weight excluding hydrogens is 631 g/mol. The summed E-state index contributed by atoms with van der Waals surface area (Å²) in [6, 6.07) is 22.7. The number of aromatic nitrogens is 4. The van der Waals surface area contributed by atoms with E-state index in [0.29, 0.717) is 5.52 Å². The zero-order valence-electron chi connectivity index (χ0n) is 25.3. The number of aryl methyl sites for hydroxylation is 2. The van der Waals surface area contributed by atoms with E-state index in [-0.39, 0.29) is 29.5 Å². The van der Waals surface area contributed by atoms with Crippen molar-refractivity contribution in [1.29, 1.82) is 0 Å². The number of nitrogens with zero attached hydrogens (tertiary/aromatic N) is 4. The van der Waals surface area contributed by atoms with Gasteiger partial charge < -0.3 is 28.5 Å². The van der Waals surface area contributed by atoms with Crippen LogP contribution in [0.15, 0.2) is 83.9 Å². The first kappa shape index (κ1) is 31.9. The lowest BCUT2D eigenvalue weighted by Crippen LogP contribution is -3.00. The van der Waals surface area contributed by atoms with Crippen molar-refractivity contribution in [2.45, 2.75) is 97.6 Å². The molecule has 5 nitrogen and oxygen atoms in total. The van der Waals surface area contributed by atoms with Gasteiger partial charge in [-0.2, -0.15) is 0 Å². The van der Waals surface area contributed by atoms with E-state index in [1.807, 2.05) is 28.8 Å². The van der Waals surface area contributed by atoms with Crippen molar-refractivity contribution in [2.24, 2.45) is 0 Å². The second kappa shape index (κ2) is 16.0. The van der Waals surface area contributed by atoms with Gasteiger partial charge in [0.15, 0.2) is 18.2 Å². The SMILES string of the molecule is CCCCCCCCCn1c(=O)c2c(-c3ccccc3)nc(-c3ccc[n+](CCCCCC)c3)n2c2ccccc21.[I-]. The first-order valence-corrected chi connectivity index (χ1v) is 15.8. The highest BCUT2D eigenvalue weighted by molar-refractivity contribution is 5.88. The van der Waals surface area contributed by atoms with Gasteiger partial charge in [0.05, 0.1) is 16.6 Å². The maximum absolute atomic E-state index is 14.4. The molecule has 0 amide bonds. The molecule has 3 heterocycles. The van der Waals surface area contributed by atoms with Crippen LogP contribution in [0, 0.1) is 0 Å². The van der Waals surface area contributed by atoms with E-state index in [4.69, 9.17) is 4.98 Å². The van der Waals surface area contributed by atoms with E-state index in [0.717, 1.165) is 66.0 Å². The Morgan fingerprint density at radius 3 is 2.05 bits per heavy atom. The van der Waals surface area contributed by atoms with Gasteiger partial charge >= 0.3 is 0 Å². The van der Waals surface area contributed by atoms with Crippen LogP contribution in [0.3, 0.4) is 0 Å². The monoisotopic (exact) mass is 676 g/mol. The van der Waals surface area contributed by atoms with Crippen LogP contribution >= 0.6 is 0 Å². The highest BCUT2D eigenvalue weighted by atomic mass is 127. The van der Waals surface area contributed by atoms with Crippen molar-refractivity contribution in [3.63, 3.8) is 0 Å². The first-order chi connectivity index (χ1) is 20.2. The second-order valence-electron chi connectivity index (χ2n) is 11.3. The fourth-order valence-electron chi connectivity index (χ4n) is 5.93. The Balaban J connectivity index is 0.00000405. The maximum atomic E-state index is 14.4. The summed E-state index contributed by atoms with van der Waals surface area (Å²) in [5.74, 6) is 0.818. The largest absolute Gasteiger partial charge is 1.00 e. The summed E-state index contributed by atoms with van der Waals surface area (Å²) >= 11 is 0. The smallest absolute Gasteiger partial charge is 0.277 e. The van der Waals surface area contributed by atoms with Crippen LogP contribution in [-0.4, -0.2) is 14.0 Å². The molecule has 0 spiro atoms. The maximum Gasteiger partial charge on any atom is 0.277 e. The average Bonchev–Trinajstić information content (AvgIpc) is 3.42. The van der Waals surface area contributed by atoms with Gasteiger partial charge in [0.1, 0.15) is 17.8 Å². The molecule has 0 atom stereocenters. The van der Waals surface area contributed by atoms with Crippen molar-refractivity contribution in [3.05, 3.63) is 89.5 Å². The predicted octanol–water partition coefficient (Wildman–Crippen LogP) is 5.61. The van der Waals surface area contributed by atoms with E-state index in [1.165, 1.54) is 51.4 Å². The molecule has 5 rings (SSSR count). The number of pyridine rings is 1. The minimum Gasteiger partial charge on any atom is -1.00 e. The van der Waals surface area contributed by atoms with Gasteiger partial charge in [-0.05, 0) is 31.0 Å². The number of hydrogen-bond donors (Lipinski definition) is 0. The van der Waals surface area contributed by atoms with Crippen LogP contribution < -0.4 is 34.1 Å². The van der Waals surface area contributed by atoms with E-state index >= 15 is 0 Å². The molecular formula is C36H45IN4O. The van der Waals surface area contributed by atoms with Gasteiger partial charge in [-0.3, -0.25) is 9.20 Å². The standard InChI is InChI=1S/C36H45N4O.HI/c1-3-5-7-9-10-11-18-27-39-31-23-15-16-24-32(31)40-34(36(39)41)33(29-20-13-12-14-21-29)37-35(40)30-22-19-26-38(28-30)25-17-8-6-4-2;/h12-16,19-24,26,28H,3-11,17-18,25,27H2,1-2H3;1H/q+1;/p-1. The third-order valence-electron chi connectivity index (χ3n) is 8.16. The normalized spacial score (nSPS) is 11.3. The van der Waals surface area contributed by atoms with Crippen molar-refractivity contribution in [1.82, 2.24) is 14.0 Å². The number of benzene rings is 2. The Morgan fingerprint density at radius 1 is 0.690 bits per heavy atom. The number of fused-ring (bicyclic) bond motifs is 3. The van der Waals surface area contributed by atoms with Crippen LogP contribution in [-0.2, 0) is 13.1 Å². The lowest BCUT2D eigenvalue weighted by molar-refractivity contribution is -0.696. The zero-order chi connectivity index (χ0) is 28.4. The molecule has 0 aliphatic carbocycles. The molecule has 3 aromatic heterocycles. The average molecular weight is 677 g/mol. The molecule has 42 heavy (non-hydrogen) atoms. The number of hydrogen-bond acceptors (Lipinski definition) is 2. The molecule has 5 aromatic rings. The molecule has 0 saturated carbocycles. The topological polar surface area (TPSA) is 43.2 Å². The highest BCUT2D eigenvalue weighted by Gasteiger charge is 2.23. The summed E-state index contributed by atoms with van der Waals surface area (Å²) in [7, 11) is 0. The number of rotatable bonds is 15. The van der Waals surface area contributed by atoms with Crippen LogP contribution in [0.4, 0.5) is 0 Å². The molecule has 2 aromatic carbocycles. The van der Waals surface area contributed by atoms with E-state index in [1.54, 1.807) is 0 Å². The number of para-hydroxylation sites is 2. The lowest BCUT2D eigenvalue weighted by Gasteiger charge is -2.14. The molecule has 222 valence electrons. The Hall–Kier alpha value is -3.00. The Kier molecular flexibility index (Phi) is 12.2. The quantitative estimate of drug-likeness (QED) is 0.0824. The van der Waals surface area contributed by atoms with Crippen molar-refractivity contribution >= 4 is 16.6 Å². The highest BCUT2D eigenvalue weighted by Crippen LogP contribution is 2.31.